The van der Waals surface area contributed by atoms with E-state index < -0.39 is 26.5 Å². The summed E-state index contributed by atoms with van der Waals surface area (Å²) in [5.74, 6) is -0.822. The summed E-state index contributed by atoms with van der Waals surface area (Å²) in [6.07, 6.45) is 83.3. The van der Waals surface area contributed by atoms with Crippen molar-refractivity contribution in [3.05, 3.63) is 97.2 Å². The largest absolute Gasteiger partial charge is 0.472 e. The van der Waals surface area contributed by atoms with Crippen molar-refractivity contribution in [2.75, 3.05) is 26.4 Å². The monoisotopic (exact) mass is 1100 g/mol. The molecule has 0 saturated heterocycles. The molecule has 10 heteroatoms. The highest BCUT2D eigenvalue weighted by Crippen LogP contribution is 2.43. The number of phosphoric acid groups is 1. The number of esters is 2. The number of phosphoric ester groups is 1. The number of rotatable bonds is 59. The maximum Gasteiger partial charge on any atom is 0.472 e. The van der Waals surface area contributed by atoms with Crippen molar-refractivity contribution < 1.29 is 37.6 Å². The Kier molecular flexibility index (Phi) is 59.7. The van der Waals surface area contributed by atoms with Gasteiger partial charge >= 0.3 is 19.8 Å². The summed E-state index contributed by atoms with van der Waals surface area (Å²) < 4.78 is 33.1. The van der Waals surface area contributed by atoms with Crippen molar-refractivity contribution in [2.24, 2.45) is 5.73 Å². The van der Waals surface area contributed by atoms with Gasteiger partial charge in [-0.15, -0.1) is 0 Å². The third kappa shape index (κ3) is 62.0. The number of carbonyl (C=O) groups excluding carboxylic acids is 2. The second kappa shape index (κ2) is 62.1. The maximum absolute atomic E-state index is 12.7. The van der Waals surface area contributed by atoms with Crippen LogP contribution in [-0.4, -0.2) is 49.3 Å². The van der Waals surface area contributed by atoms with Crippen LogP contribution in [0.25, 0.3) is 0 Å². The minimum Gasteiger partial charge on any atom is -0.462 e. The molecule has 0 radical (unpaired) electrons. The molecule has 0 bridgehead atoms. The van der Waals surface area contributed by atoms with Crippen molar-refractivity contribution in [3.63, 3.8) is 0 Å². The summed E-state index contributed by atoms with van der Waals surface area (Å²) in [4.78, 5) is 35.2. The van der Waals surface area contributed by atoms with Gasteiger partial charge in [-0.1, -0.05) is 291 Å². The lowest BCUT2D eigenvalue weighted by molar-refractivity contribution is -0.161. The summed E-state index contributed by atoms with van der Waals surface area (Å²) in [5.41, 5.74) is 5.39. The Morgan fingerprint density at radius 2 is 0.714 bits per heavy atom. The van der Waals surface area contributed by atoms with Gasteiger partial charge in [-0.25, -0.2) is 4.57 Å². The van der Waals surface area contributed by atoms with Crippen molar-refractivity contribution in [3.8, 4) is 0 Å². The SMILES string of the molecule is CC/C=C\C/C=C\C/C=C\C/C=C\C/C=C\C/C=C\C/C=C\C/C=C\CCCCCCCCCCCCCCC(=O)OC(COC(=O)CCCCCCCCCCCCCCCCCCCCC)COP(=O)(O)OCCN. The van der Waals surface area contributed by atoms with Gasteiger partial charge in [0.25, 0.3) is 0 Å². The van der Waals surface area contributed by atoms with Crippen molar-refractivity contribution >= 4 is 19.8 Å². The van der Waals surface area contributed by atoms with Gasteiger partial charge in [0.05, 0.1) is 13.2 Å². The van der Waals surface area contributed by atoms with Crippen LogP contribution >= 0.6 is 7.82 Å². The molecule has 2 atom stereocenters. The summed E-state index contributed by atoms with van der Waals surface area (Å²) in [6, 6.07) is 0. The fourth-order valence-corrected chi connectivity index (χ4v) is 9.60. The van der Waals surface area contributed by atoms with E-state index in [9.17, 15) is 19.0 Å². The normalized spacial score (nSPS) is 13.7. The maximum atomic E-state index is 12.7. The molecule has 0 aliphatic rings. The molecular weight excluding hydrogens is 978 g/mol. The zero-order chi connectivity index (χ0) is 55.9. The van der Waals surface area contributed by atoms with E-state index in [0.29, 0.717) is 6.42 Å². The number of unbranched alkanes of at least 4 members (excludes halogenated alkanes) is 30. The molecule has 444 valence electrons. The molecule has 0 aliphatic carbocycles. The molecule has 0 aromatic heterocycles. The van der Waals surface area contributed by atoms with E-state index in [1.165, 1.54) is 161 Å². The van der Waals surface area contributed by atoms with E-state index >= 15 is 0 Å². The summed E-state index contributed by atoms with van der Waals surface area (Å²) in [7, 11) is -4.39. The van der Waals surface area contributed by atoms with Crippen LogP contribution in [0.4, 0.5) is 0 Å². The molecule has 77 heavy (non-hydrogen) atoms. The third-order valence-electron chi connectivity index (χ3n) is 13.5. The molecular formula is C67H118NO8P. The quantitative estimate of drug-likeness (QED) is 0.0264. The van der Waals surface area contributed by atoms with E-state index in [1.807, 2.05) is 0 Å². The number of hydrogen-bond donors (Lipinski definition) is 2. The van der Waals surface area contributed by atoms with Gasteiger partial charge < -0.3 is 20.1 Å². The molecule has 2 unspecified atom stereocenters. The molecule has 9 nitrogen and oxygen atoms in total. The molecule has 0 rings (SSSR count). The Bertz CT molecular complexity index is 1580. The van der Waals surface area contributed by atoms with Crippen LogP contribution < -0.4 is 5.73 Å². The van der Waals surface area contributed by atoms with Crippen LogP contribution in [0.2, 0.25) is 0 Å². The Hall–Kier alpha value is -3.07. The Labute approximate surface area is 474 Å². The Balaban J connectivity index is 3.92. The van der Waals surface area contributed by atoms with Gasteiger partial charge in [-0.05, 0) is 77.0 Å². The molecule has 0 aromatic carbocycles. The average Bonchev–Trinajstić information content (AvgIpc) is 3.42. The van der Waals surface area contributed by atoms with E-state index in [-0.39, 0.29) is 38.6 Å². The average molecular weight is 1100 g/mol. The summed E-state index contributed by atoms with van der Waals surface area (Å²) in [6.45, 7) is 3.66. The standard InChI is InChI=1S/C67H118NO8P/c1-3-5-7-9-11-13-15-17-19-21-23-24-25-26-27-28-29-30-31-32-33-34-35-36-37-38-39-40-42-44-46-48-50-52-54-56-58-60-67(70)76-65(64-75-77(71,72)74-62-61-68)63-73-66(69)59-57-55-53-51-49-47-45-43-41-22-20-18-16-14-12-10-8-6-4-2/h5,7,11,13,17,19,23-24,26-27,29-30,32-33,35-36,65H,3-4,6,8-10,12,14-16,18,20-22,25,28,31,34,37-64,68H2,1-2H3,(H,71,72)/b7-5-,13-11-,19-17-,24-23-,27-26-,30-29-,33-32-,36-35-. The van der Waals surface area contributed by atoms with Crippen LogP contribution in [0, 0.1) is 0 Å². The van der Waals surface area contributed by atoms with Crippen LogP contribution in [0.1, 0.15) is 284 Å². The minimum absolute atomic E-state index is 0.0513. The second-order valence-electron chi connectivity index (χ2n) is 20.9. The number of nitrogens with two attached hydrogens (primary N) is 1. The first kappa shape index (κ1) is 73.9. The molecule has 0 heterocycles. The zero-order valence-electron chi connectivity index (χ0n) is 49.7. The van der Waals surface area contributed by atoms with Gasteiger partial charge in [-0.3, -0.25) is 18.6 Å². The highest BCUT2D eigenvalue weighted by molar-refractivity contribution is 7.47. The lowest BCUT2D eigenvalue weighted by Gasteiger charge is -2.19. The first-order valence-electron chi connectivity index (χ1n) is 31.7. The zero-order valence-corrected chi connectivity index (χ0v) is 50.6. The van der Waals surface area contributed by atoms with Gasteiger partial charge in [0.1, 0.15) is 6.61 Å². The number of carbonyl (C=O) groups is 2. The van der Waals surface area contributed by atoms with Crippen LogP contribution in [-0.2, 0) is 32.7 Å². The molecule has 0 fully saturated rings. The van der Waals surface area contributed by atoms with Crippen molar-refractivity contribution in [1.29, 1.82) is 0 Å². The first-order chi connectivity index (χ1) is 37.8. The van der Waals surface area contributed by atoms with Crippen molar-refractivity contribution in [1.82, 2.24) is 0 Å². The third-order valence-corrected chi connectivity index (χ3v) is 14.5. The molecule has 0 spiro atoms. The van der Waals surface area contributed by atoms with Crippen molar-refractivity contribution in [2.45, 2.75) is 290 Å². The molecule has 0 aliphatic heterocycles. The van der Waals surface area contributed by atoms with E-state index in [4.69, 9.17) is 24.3 Å². The number of allylic oxidation sites excluding steroid dienone is 16. The van der Waals surface area contributed by atoms with E-state index in [2.05, 4.69) is 111 Å². The minimum atomic E-state index is -4.39. The van der Waals surface area contributed by atoms with Crippen LogP contribution in [0.15, 0.2) is 97.2 Å². The highest BCUT2D eigenvalue weighted by Gasteiger charge is 2.26. The smallest absolute Gasteiger partial charge is 0.462 e. The van der Waals surface area contributed by atoms with Gasteiger partial charge in [0, 0.05) is 19.4 Å². The summed E-state index contributed by atoms with van der Waals surface area (Å²) in [5, 5.41) is 0. The molecule has 0 saturated carbocycles. The van der Waals surface area contributed by atoms with Gasteiger partial charge in [0.15, 0.2) is 6.10 Å². The first-order valence-corrected chi connectivity index (χ1v) is 33.2. The number of hydrogen-bond acceptors (Lipinski definition) is 8. The second-order valence-corrected chi connectivity index (χ2v) is 22.4. The Morgan fingerprint density at radius 1 is 0.403 bits per heavy atom. The van der Waals surface area contributed by atoms with E-state index in [0.717, 1.165) is 89.9 Å². The molecule has 3 N–H and O–H groups in total. The number of ether oxygens (including phenoxy) is 2. The highest BCUT2D eigenvalue weighted by atomic mass is 31.2. The predicted molar refractivity (Wildman–Crippen MR) is 330 cm³/mol. The molecule has 0 aromatic rings. The van der Waals surface area contributed by atoms with Gasteiger partial charge in [-0.2, -0.15) is 0 Å². The lowest BCUT2D eigenvalue weighted by atomic mass is 10.0. The van der Waals surface area contributed by atoms with Crippen LogP contribution in [0.3, 0.4) is 0 Å². The lowest BCUT2D eigenvalue weighted by Crippen LogP contribution is -2.29. The fourth-order valence-electron chi connectivity index (χ4n) is 8.83. The topological polar surface area (TPSA) is 134 Å². The van der Waals surface area contributed by atoms with Crippen LogP contribution in [0.5, 0.6) is 0 Å². The predicted octanol–water partition coefficient (Wildman–Crippen LogP) is 20.4. The van der Waals surface area contributed by atoms with E-state index in [1.54, 1.807) is 0 Å². The van der Waals surface area contributed by atoms with Gasteiger partial charge in [0.2, 0.25) is 0 Å². The molecule has 0 amide bonds. The fraction of sp³-hybridized carbons (Fsp3) is 0.731. The Morgan fingerprint density at radius 3 is 1.06 bits per heavy atom. The summed E-state index contributed by atoms with van der Waals surface area (Å²) >= 11 is 0.